The molecule has 122 valence electrons. The van der Waals surface area contributed by atoms with Gasteiger partial charge in [0, 0.05) is 18.2 Å². The van der Waals surface area contributed by atoms with Crippen LogP contribution < -0.4 is 11.2 Å². The van der Waals surface area contributed by atoms with E-state index in [-0.39, 0.29) is 18.4 Å². The van der Waals surface area contributed by atoms with Gasteiger partial charge >= 0.3 is 11.7 Å². The first-order valence-electron chi connectivity index (χ1n) is 6.83. The standard InChI is InChI=1S/C13H18N2O7/c1-3-10(17)22-13(20)4-9(21-8(13)6-16)15-5-7(2)11(18)14-12(15)19/h5,8-9,16,20H,3-4,6H2,1-2H3,(H,14,18,19)/t8-,9-,13-/m1/s1. The number of rotatable bonds is 4. The maximum atomic E-state index is 11.8. The maximum absolute atomic E-state index is 11.8. The van der Waals surface area contributed by atoms with Crippen molar-refractivity contribution in [2.24, 2.45) is 0 Å². The summed E-state index contributed by atoms with van der Waals surface area (Å²) in [5, 5.41) is 19.7. The van der Waals surface area contributed by atoms with Gasteiger partial charge in [0.15, 0.2) is 0 Å². The Hall–Kier alpha value is -1.97. The summed E-state index contributed by atoms with van der Waals surface area (Å²) in [6.45, 7) is 2.47. The summed E-state index contributed by atoms with van der Waals surface area (Å²) < 4.78 is 11.4. The van der Waals surface area contributed by atoms with Gasteiger partial charge in [-0.3, -0.25) is 19.1 Å². The summed E-state index contributed by atoms with van der Waals surface area (Å²) >= 11 is 0. The van der Waals surface area contributed by atoms with Crippen molar-refractivity contribution in [3.05, 3.63) is 32.6 Å². The van der Waals surface area contributed by atoms with E-state index < -0.39 is 41.9 Å². The number of H-pyrrole nitrogens is 1. The van der Waals surface area contributed by atoms with Crippen LogP contribution in [0.4, 0.5) is 0 Å². The second kappa shape index (κ2) is 6.03. The second-order valence-electron chi connectivity index (χ2n) is 5.12. The van der Waals surface area contributed by atoms with Crippen LogP contribution in [-0.4, -0.2) is 44.2 Å². The van der Waals surface area contributed by atoms with E-state index in [2.05, 4.69) is 4.98 Å². The minimum absolute atomic E-state index is 0.0445. The molecule has 0 spiro atoms. The van der Waals surface area contributed by atoms with Crippen LogP contribution in [-0.2, 0) is 14.3 Å². The molecule has 0 unspecified atom stereocenters. The van der Waals surface area contributed by atoms with E-state index in [9.17, 15) is 24.6 Å². The van der Waals surface area contributed by atoms with E-state index in [4.69, 9.17) is 9.47 Å². The number of aromatic nitrogens is 2. The maximum Gasteiger partial charge on any atom is 0.330 e. The van der Waals surface area contributed by atoms with E-state index in [1.165, 1.54) is 13.1 Å². The number of hydrogen-bond donors (Lipinski definition) is 3. The topological polar surface area (TPSA) is 131 Å². The molecule has 3 N–H and O–H groups in total. The average Bonchev–Trinajstić information content (AvgIpc) is 2.79. The number of esters is 1. The highest BCUT2D eigenvalue weighted by molar-refractivity contribution is 5.69. The minimum Gasteiger partial charge on any atom is -0.430 e. The molecular formula is C13H18N2O7. The van der Waals surface area contributed by atoms with Gasteiger partial charge in [-0.15, -0.1) is 0 Å². The molecule has 1 aromatic heterocycles. The zero-order valence-electron chi connectivity index (χ0n) is 12.2. The van der Waals surface area contributed by atoms with Gasteiger partial charge in [0.25, 0.3) is 5.56 Å². The molecule has 0 amide bonds. The summed E-state index contributed by atoms with van der Waals surface area (Å²) in [7, 11) is 0. The van der Waals surface area contributed by atoms with Crippen LogP contribution in [0.15, 0.2) is 15.8 Å². The number of aryl methyl sites for hydroxylation is 1. The first-order valence-corrected chi connectivity index (χ1v) is 6.83. The molecule has 2 rings (SSSR count). The molecule has 0 saturated carbocycles. The molecule has 0 aromatic carbocycles. The molecule has 1 fully saturated rings. The first-order chi connectivity index (χ1) is 10.3. The number of hydrogen-bond acceptors (Lipinski definition) is 7. The van der Waals surface area contributed by atoms with Crippen LogP contribution in [0.3, 0.4) is 0 Å². The molecule has 9 nitrogen and oxygen atoms in total. The summed E-state index contributed by atoms with van der Waals surface area (Å²) in [6, 6.07) is 0. The van der Waals surface area contributed by atoms with Crippen molar-refractivity contribution in [1.29, 1.82) is 0 Å². The largest absolute Gasteiger partial charge is 0.430 e. The molecule has 0 aliphatic carbocycles. The summed E-state index contributed by atoms with van der Waals surface area (Å²) in [6.07, 6.45) is -1.08. The molecular weight excluding hydrogens is 296 g/mol. The molecule has 1 saturated heterocycles. The van der Waals surface area contributed by atoms with E-state index >= 15 is 0 Å². The third-order valence-corrected chi connectivity index (χ3v) is 3.49. The Labute approximate surface area is 125 Å². The van der Waals surface area contributed by atoms with Crippen LogP contribution in [0.5, 0.6) is 0 Å². The number of nitrogens with zero attached hydrogens (tertiary/aromatic N) is 1. The van der Waals surface area contributed by atoms with Gasteiger partial charge in [0.1, 0.15) is 12.3 Å². The molecule has 0 radical (unpaired) electrons. The minimum atomic E-state index is -2.03. The Balaban J connectivity index is 2.33. The number of nitrogens with one attached hydrogen (secondary N) is 1. The average molecular weight is 314 g/mol. The van der Waals surface area contributed by atoms with Crippen molar-refractivity contribution in [1.82, 2.24) is 9.55 Å². The molecule has 3 atom stereocenters. The van der Waals surface area contributed by atoms with Crippen molar-refractivity contribution >= 4 is 5.97 Å². The van der Waals surface area contributed by atoms with Gasteiger partial charge in [-0.2, -0.15) is 0 Å². The van der Waals surface area contributed by atoms with Gasteiger partial charge < -0.3 is 19.7 Å². The Bertz CT molecular complexity index is 680. The molecule has 2 heterocycles. The predicted octanol–water partition coefficient (Wildman–Crippen LogP) is -1.23. The fourth-order valence-corrected chi connectivity index (χ4v) is 2.25. The van der Waals surface area contributed by atoms with E-state index in [0.717, 1.165) is 4.57 Å². The lowest BCUT2D eigenvalue weighted by molar-refractivity contribution is -0.231. The summed E-state index contributed by atoms with van der Waals surface area (Å²) in [5.74, 6) is -2.69. The van der Waals surface area contributed by atoms with Crippen molar-refractivity contribution in [3.63, 3.8) is 0 Å². The number of carbonyl (C=O) groups is 1. The Morgan fingerprint density at radius 3 is 2.86 bits per heavy atom. The third-order valence-electron chi connectivity index (χ3n) is 3.49. The van der Waals surface area contributed by atoms with E-state index in [1.807, 2.05) is 0 Å². The SMILES string of the molecule is CCC(=O)O[C@]1(O)C[C@H](n2cc(C)c(=O)[nH]c2=O)O[C@@H]1CO. The molecule has 9 heteroatoms. The van der Waals surface area contributed by atoms with E-state index in [0.29, 0.717) is 0 Å². The first kappa shape index (κ1) is 16.4. The number of aliphatic hydroxyl groups is 2. The fraction of sp³-hybridized carbons (Fsp3) is 0.615. The van der Waals surface area contributed by atoms with Crippen LogP contribution in [0.1, 0.15) is 31.6 Å². The lowest BCUT2D eigenvalue weighted by Crippen LogP contribution is -2.44. The van der Waals surface area contributed by atoms with Crippen molar-refractivity contribution in [2.45, 2.75) is 44.8 Å². The number of aliphatic hydroxyl groups excluding tert-OH is 1. The molecule has 1 aliphatic heterocycles. The normalized spacial score (nSPS) is 27.8. The molecule has 1 aromatic rings. The zero-order chi connectivity index (χ0) is 16.5. The Morgan fingerprint density at radius 2 is 2.27 bits per heavy atom. The number of ether oxygens (including phenoxy) is 2. The van der Waals surface area contributed by atoms with Gasteiger partial charge in [-0.1, -0.05) is 6.92 Å². The van der Waals surface area contributed by atoms with Crippen molar-refractivity contribution in [2.75, 3.05) is 6.61 Å². The monoisotopic (exact) mass is 314 g/mol. The predicted molar refractivity (Wildman–Crippen MR) is 73.0 cm³/mol. The highest BCUT2D eigenvalue weighted by Gasteiger charge is 2.51. The lowest BCUT2D eigenvalue weighted by Gasteiger charge is -2.26. The zero-order valence-corrected chi connectivity index (χ0v) is 12.2. The molecule has 22 heavy (non-hydrogen) atoms. The smallest absolute Gasteiger partial charge is 0.330 e. The van der Waals surface area contributed by atoms with Crippen molar-refractivity contribution < 1.29 is 24.5 Å². The van der Waals surface area contributed by atoms with Crippen LogP contribution in [0.25, 0.3) is 0 Å². The molecule has 1 aliphatic rings. The highest BCUT2D eigenvalue weighted by atomic mass is 16.7. The highest BCUT2D eigenvalue weighted by Crippen LogP contribution is 2.37. The Kier molecular flexibility index (Phi) is 4.50. The van der Waals surface area contributed by atoms with Gasteiger partial charge in [-0.25, -0.2) is 4.79 Å². The van der Waals surface area contributed by atoms with Gasteiger partial charge in [0.05, 0.1) is 13.0 Å². The van der Waals surface area contributed by atoms with Crippen LogP contribution in [0.2, 0.25) is 0 Å². The van der Waals surface area contributed by atoms with E-state index in [1.54, 1.807) is 6.92 Å². The second-order valence-corrected chi connectivity index (χ2v) is 5.12. The van der Waals surface area contributed by atoms with Gasteiger partial charge in [0.2, 0.25) is 5.79 Å². The number of aromatic amines is 1. The lowest BCUT2D eigenvalue weighted by atomic mass is 10.1. The fourth-order valence-electron chi connectivity index (χ4n) is 2.25. The van der Waals surface area contributed by atoms with Gasteiger partial charge in [-0.05, 0) is 6.92 Å². The number of carbonyl (C=O) groups excluding carboxylic acids is 1. The summed E-state index contributed by atoms with van der Waals surface area (Å²) in [5.41, 5.74) is -0.960. The third kappa shape index (κ3) is 2.96. The van der Waals surface area contributed by atoms with Crippen molar-refractivity contribution in [3.8, 4) is 0 Å². The summed E-state index contributed by atoms with van der Waals surface area (Å²) in [4.78, 5) is 36.7. The van der Waals surface area contributed by atoms with Crippen LogP contribution in [0, 0.1) is 6.92 Å². The Morgan fingerprint density at radius 1 is 1.59 bits per heavy atom. The van der Waals surface area contributed by atoms with Crippen LogP contribution >= 0.6 is 0 Å². The quantitative estimate of drug-likeness (QED) is 0.468. The molecule has 0 bridgehead atoms.